The molecule has 2 heterocycles. The van der Waals surface area contributed by atoms with Crippen molar-refractivity contribution >= 4 is 16.9 Å². The van der Waals surface area contributed by atoms with Crippen LogP contribution in [0.2, 0.25) is 0 Å². The van der Waals surface area contributed by atoms with E-state index >= 15 is 0 Å². The fourth-order valence-corrected chi connectivity index (χ4v) is 1.60. The average Bonchev–Trinajstić information content (AvgIpc) is 2.47. The van der Waals surface area contributed by atoms with Crippen molar-refractivity contribution in [2.24, 2.45) is 0 Å². The minimum Gasteiger partial charge on any atom is -0.383 e. The molecule has 74 valence electrons. The Hall–Kier alpha value is -1.51. The van der Waals surface area contributed by atoms with Gasteiger partial charge in [-0.3, -0.25) is 0 Å². The van der Waals surface area contributed by atoms with E-state index in [1.165, 1.54) is 0 Å². The Morgan fingerprint density at radius 3 is 2.71 bits per heavy atom. The van der Waals surface area contributed by atoms with Crippen LogP contribution in [0, 0.1) is 0 Å². The number of aromatic nitrogens is 2. The van der Waals surface area contributed by atoms with Crippen LogP contribution in [0.15, 0.2) is 18.3 Å². The quantitative estimate of drug-likeness (QED) is 0.668. The number of nitrogens with two attached hydrogens (primary N) is 1. The Morgan fingerprint density at radius 2 is 2.07 bits per heavy atom. The summed E-state index contributed by atoms with van der Waals surface area (Å²) in [6, 6.07) is 4.12. The highest BCUT2D eigenvalue weighted by Crippen LogP contribution is 2.28. The van der Waals surface area contributed by atoms with Crippen LogP contribution in [-0.2, 0) is 5.41 Å². The summed E-state index contributed by atoms with van der Waals surface area (Å²) in [5, 5.41) is 1.11. The molecule has 2 rings (SSSR count). The lowest BCUT2D eigenvalue weighted by Crippen LogP contribution is -2.14. The van der Waals surface area contributed by atoms with Crippen molar-refractivity contribution in [1.82, 2.24) is 9.97 Å². The zero-order chi connectivity index (χ0) is 10.3. The van der Waals surface area contributed by atoms with Gasteiger partial charge in [0.1, 0.15) is 11.5 Å². The Kier molecular flexibility index (Phi) is 1.77. The van der Waals surface area contributed by atoms with Gasteiger partial charge in [-0.1, -0.05) is 20.8 Å². The third-order valence-electron chi connectivity index (χ3n) is 2.37. The fourth-order valence-electron chi connectivity index (χ4n) is 1.60. The highest BCUT2D eigenvalue weighted by Gasteiger charge is 2.18. The number of hydrogen-bond donors (Lipinski definition) is 2. The Morgan fingerprint density at radius 1 is 1.36 bits per heavy atom. The first-order valence-electron chi connectivity index (χ1n) is 4.72. The molecule has 0 atom stereocenters. The maximum Gasteiger partial charge on any atom is 0.139 e. The van der Waals surface area contributed by atoms with Crippen molar-refractivity contribution < 1.29 is 0 Å². The van der Waals surface area contributed by atoms with Crippen molar-refractivity contribution in [3.05, 3.63) is 23.9 Å². The monoisotopic (exact) mass is 189 g/mol. The number of nitrogens with one attached hydrogen (secondary N) is 1. The molecule has 0 unspecified atom stereocenters. The first kappa shape index (κ1) is 9.06. The second-order valence-corrected chi connectivity index (χ2v) is 4.59. The van der Waals surface area contributed by atoms with Gasteiger partial charge in [-0.15, -0.1) is 0 Å². The molecule has 2 aromatic rings. The molecule has 3 heteroatoms. The van der Waals surface area contributed by atoms with E-state index in [2.05, 4.69) is 36.8 Å². The Bertz CT molecular complexity index is 463. The van der Waals surface area contributed by atoms with Gasteiger partial charge in [0.05, 0.1) is 0 Å². The van der Waals surface area contributed by atoms with Crippen LogP contribution in [0.5, 0.6) is 0 Å². The van der Waals surface area contributed by atoms with E-state index in [-0.39, 0.29) is 5.41 Å². The molecule has 0 amide bonds. The molecule has 0 aromatic carbocycles. The van der Waals surface area contributed by atoms with Crippen LogP contribution < -0.4 is 5.73 Å². The van der Waals surface area contributed by atoms with E-state index in [0.717, 1.165) is 16.6 Å². The van der Waals surface area contributed by atoms with Crippen molar-refractivity contribution in [1.29, 1.82) is 0 Å². The highest BCUT2D eigenvalue weighted by atomic mass is 14.9. The summed E-state index contributed by atoms with van der Waals surface area (Å²) in [5.41, 5.74) is 7.90. The van der Waals surface area contributed by atoms with Crippen LogP contribution in [0.1, 0.15) is 26.3 Å². The molecule has 3 nitrogen and oxygen atoms in total. The van der Waals surface area contributed by atoms with Crippen LogP contribution in [0.4, 0.5) is 5.82 Å². The van der Waals surface area contributed by atoms with E-state index in [4.69, 9.17) is 5.73 Å². The van der Waals surface area contributed by atoms with E-state index in [1.807, 2.05) is 12.3 Å². The summed E-state index contributed by atoms with van der Waals surface area (Å²) in [6.45, 7) is 6.41. The molecule has 0 aliphatic rings. The number of anilines is 1. The molecule has 3 N–H and O–H groups in total. The second-order valence-electron chi connectivity index (χ2n) is 4.59. The maximum atomic E-state index is 5.90. The number of rotatable bonds is 0. The van der Waals surface area contributed by atoms with Crippen molar-refractivity contribution in [3.8, 4) is 0 Å². The molecular formula is C11H15N3. The number of fused-ring (bicyclic) bond motifs is 1. The van der Waals surface area contributed by atoms with Gasteiger partial charge in [-0.25, -0.2) is 4.98 Å². The van der Waals surface area contributed by atoms with Gasteiger partial charge in [0.25, 0.3) is 0 Å². The summed E-state index contributed by atoms with van der Waals surface area (Å²) in [4.78, 5) is 7.37. The average molecular weight is 189 g/mol. The van der Waals surface area contributed by atoms with Crippen molar-refractivity contribution in [2.75, 3.05) is 5.73 Å². The van der Waals surface area contributed by atoms with Gasteiger partial charge < -0.3 is 10.7 Å². The number of H-pyrrole nitrogens is 1. The van der Waals surface area contributed by atoms with E-state index in [1.54, 1.807) is 0 Å². The number of aromatic amines is 1. The zero-order valence-corrected chi connectivity index (χ0v) is 8.76. The van der Waals surface area contributed by atoms with Crippen LogP contribution in [0.3, 0.4) is 0 Å². The molecule has 0 aliphatic heterocycles. The maximum absolute atomic E-state index is 5.90. The second kappa shape index (κ2) is 2.74. The summed E-state index contributed by atoms with van der Waals surface area (Å²) < 4.78 is 0. The summed E-state index contributed by atoms with van der Waals surface area (Å²) in [6.07, 6.45) is 1.88. The van der Waals surface area contributed by atoms with Gasteiger partial charge in [-0.2, -0.15) is 0 Å². The molecule has 0 spiro atoms. The van der Waals surface area contributed by atoms with Crippen LogP contribution >= 0.6 is 0 Å². The third-order valence-corrected chi connectivity index (χ3v) is 2.37. The normalized spacial score (nSPS) is 12.2. The van der Waals surface area contributed by atoms with Gasteiger partial charge in [0.2, 0.25) is 0 Å². The minimum absolute atomic E-state index is 0.0442. The molecule has 0 aliphatic carbocycles. The lowest BCUT2D eigenvalue weighted by atomic mass is 9.87. The van der Waals surface area contributed by atoms with Gasteiger partial charge in [-0.05, 0) is 17.5 Å². The molecule has 0 bridgehead atoms. The molecule has 0 saturated heterocycles. The standard InChI is InChI=1S/C11H15N3/c1-11(2,3)8-6-7-4-5-13-10(7)14-9(8)12/h4-6H,1-3H3,(H3,12,13,14). The van der Waals surface area contributed by atoms with Crippen LogP contribution in [-0.4, -0.2) is 9.97 Å². The van der Waals surface area contributed by atoms with Crippen LogP contribution in [0.25, 0.3) is 11.0 Å². The molecule has 14 heavy (non-hydrogen) atoms. The number of hydrogen-bond acceptors (Lipinski definition) is 2. The first-order valence-corrected chi connectivity index (χ1v) is 4.72. The minimum atomic E-state index is 0.0442. The highest BCUT2D eigenvalue weighted by molar-refractivity contribution is 5.79. The molecule has 0 saturated carbocycles. The molecule has 0 radical (unpaired) electrons. The third kappa shape index (κ3) is 1.35. The zero-order valence-electron chi connectivity index (χ0n) is 8.76. The predicted molar refractivity (Wildman–Crippen MR) is 59.2 cm³/mol. The molecule has 0 fully saturated rings. The van der Waals surface area contributed by atoms with Gasteiger partial charge in [0, 0.05) is 17.1 Å². The molecule has 2 aromatic heterocycles. The SMILES string of the molecule is CC(C)(C)c1cc2cc[nH]c2nc1N. The lowest BCUT2D eigenvalue weighted by Gasteiger charge is -2.20. The molecular weight excluding hydrogens is 174 g/mol. The summed E-state index contributed by atoms with van der Waals surface area (Å²) in [7, 11) is 0. The van der Waals surface area contributed by atoms with Crippen molar-refractivity contribution in [2.45, 2.75) is 26.2 Å². The van der Waals surface area contributed by atoms with Gasteiger partial charge >= 0.3 is 0 Å². The Labute approximate surface area is 83.3 Å². The first-order chi connectivity index (χ1) is 6.48. The number of nitrogen functional groups attached to an aromatic ring is 1. The Balaban J connectivity index is 2.71. The topological polar surface area (TPSA) is 54.7 Å². The number of pyridine rings is 1. The van der Waals surface area contributed by atoms with Crippen molar-refractivity contribution in [3.63, 3.8) is 0 Å². The smallest absolute Gasteiger partial charge is 0.139 e. The largest absolute Gasteiger partial charge is 0.383 e. The summed E-state index contributed by atoms with van der Waals surface area (Å²) >= 11 is 0. The van der Waals surface area contributed by atoms with E-state index in [9.17, 15) is 0 Å². The van der Waals surface area contributed by atoms with Gasteiger partial charge in [0.15, 0.2) is 0 Å². The van der Waals surface area contributed by atoms with E-state index in [0.29, 0.717) is 5.82 Å². The fraction of sp³-hybridized carbons (Fsp3) is 0.364. The predicted octanol–water partition coefficient (Wildman–Crippen LogP) is 2.44. The number of nitrogens with zero attached hydrogens (tertiary/aromatic N) is 1. The summed E-state index contributed by atoms with van der Waals surface area (Å²) in [5.74, 6) is 0.618. The lowest BCUT2D eigenvalue weighted by molar-refractivity contribution is 0.591. The van der Waals surface area contributed by atoms with E-state index < -0.39 is 0 Å².